The summed E-state index contributed by atoms with van der Waals surface area (Å²) in [6, 6.07) is 0. The monoisotopic (exact) mass is 620 g/mol. The highest BCUT2D eigenvalue weighted by atomic mass is 16.5. The molecule has 0 spiro atoms. The number of nitrogens with zero attached hydrogens (tertiary/aromatic N) is 8. The molecule has 0 aromatic carbocycles. The lowest BCUT2D eigenvalue weighted by molar-refractivity contribution is 0.0345. The third-order valence-electron chi connectivity index (χ3n) is 8.59. The Balaban J connectivity index is 1.92. The molecule has 0 bridgehead atoms. The Hall–Kier alpha value is -2.62. The van der Waals surface area contributed by atoms with Gasteiger partial charge in [0.1, 0.15) is 11.0 Å². The van der Waals surface area contributed by atoms with Crippen molar-refractivity contribution < 1.29 is 29.2 Å². The molecule has 0 unspecified atom stereocenters. The van der Waals surface area contributed by atoms with Crippen molar-refractivity contribution in [2.45, 2.75) is 50.7 Å². The fourth-order valence-corrected chi connectivity index (χ4v) is 5.52. The molecule has 0 amide bonds. The fraction of sp³-hybridized carbons (Fsp3) is 0.800. The van der Waals surface area contributed by atoms with Crippen molar-refractivity contribution in [1.29, 1.82) is 0 Å². The third-order valence-corrected chi connectivity index (χ3v) is 8.59. The van der Waals surface area contributed by atoms with E-state index in [2.05, 4.69) is 19.6 Å². The second kappa shape index (κ2) is 15.6. The quantitative estimate of drug-likeness (QED) is 0.279. The van der Waals surface area contributed by atoms with Crippen LogP contribution in [0.5, 0.6) is 0 Å². The van der Waals surface area contributed by atoms with Crippen molar-refractivity contribution in [3.8, 4) is 0 Å². The van der Waals surface area contributed by atoms with Crippen LogP contribution in [0.15, 0.2) is 0 Å². The predicted molar refractivity (Wildman–Crippen MR) is 171 cm³/mol. The summed E-state index contributed by atoms with van der Waals surface area (Å²) < 4.78 is 21.7. The minimum absolute atomic E-state index is 0.504. The molecule has 2 aliphatic heterocycles. The number of ether oxygens (including phenoxy) is 4. The van der Waals surface area contributed by atoms with Gasteiger partial charge in [-0.15, -0.1) is 0 Å². The molecular weight excluding hydrogens is 568 g/mol. The average Bonchev–Trinajstić information content (AvgIpc) is 3.00. The van der Waals surface area contributed by atoms with Crippen LogP contribution in [-0.2, 0) is 18.9 Å². The Labute approximate surface area is 261 Å². The van der Waals surface area contributed by atoms with Crippen molar-refractivity contribution in [2.24, 2.45) is 0 Å². The molecule has 14 nitrogen and oxygen atoms in total. The van der Waals surface area contributed by atoms with E-state index < -0.39 is 11.2 Å². The zero-order valence-electron chi connectivity index (χ0n) is 27.4. The molecule has 2 saturated heterocycles. The average molecular weight is 621 g/mol. The minimum atomic E-state index is -0.724. The maximum atomic E-state index is 10.7. The first-order chi connectivity index (χ1) is 21.1. The molecule has 0 atom stereocenters. The number of piperidine rings is 2. The van der Waals surface area contributed by atoms with Crippen LogP contribution in [0.1, 0.15) is 39.5 Å². The van der Waals surface area contributed by atoms with E-state index in [4.69, 9.17) is 38.9 Å². The van der Waals surface area contributed by atoms with Gasteiger partial charge in [-0.1, -0.05) is 0 Å². The van der Waals surface area contributed by atoms with E-state index in [9.17, 15) is 10.2 Å². The summed E-state index contributed by atoms with van der Waals surface area (Å²) in [5, 5.41) is 21.5. The van der Waals surface area contributed by atoms with Gasteiger partial charge in [-0.05, 0) is 39.5 Å². The Bertz CT molecular complexity index is 1070. The van der Waals surface area contributed by atoms with Gasteiger partial charge in [-0.25, -0.2) is 9.97 Å². The van der Waals surface area contributed by atoms with E-state index in [1.807, 2.05) is 13.8 Å². The van der Waals surface area contributed by atoms with Crippen LogP contribution in [0.2, 0.25) is 0 Å². The van der Waals surface area contributed by atoms with Crippen LogP contribution in [-0.4, -0.2) is 149 Å². The van der Waals surface area contributed by atoms with Crippen molar-refractivity contribution in [2.75, 3.05) is 127 Å². The highest BCUT2D eigenvalue weighted by molar-refractivity contribution is 5.95. The first kappa shape index (κ1) is 34.3. The van der Waals surface area contributed by atoms with Gasteiger partial charge in [0.25, 0.3) is 0 Å². The summed E-state index contributed by atoms with van der Waals surface area (Å²) in [5.74, 6) is 2.53. The highest BCUT2D eigenvalue weighted by Gasteiger charge is 2.33. The molecule has 4 heterocycles. The SMILES string of the molecule is COCCN(CCOC)c1nc(N2CCC(C)(O)CC2)c2nc(N(CCOC)CCOC)nc(N3CCC(C)(O)CC3)c2n1. The minimum Gasteiger partial charge on any atom is -0.390 e. The molecule has 2 N–H and O–H groups in total. The van der Waals surface area contributed by atoms with Crippen LogP contribution in [0.4, 0.5) is 23.5 Å². The Kier molecular flexibility index (Phi) is 12.1. The fourth-order valence-electron chi connectivity index (χ4n) is 5.52. The van der Waals surface area contributed by atoms with Crippen LogP contribution in [0.3, 0.4) is 0 Å². The molecule has 14 heteroatoms. The van der Waals surface area contributed by atoms with Gasteiger partial charge in [0.15, 0.2) is 11.6 Å². The van der Waals surface area contributed by atoms with E-state index in [1.54, 1.807) is 28.4 Å². The van der Waals surface area contributed by atoms with E-state index >= 15 is 0 Å². The summed E-state index contributed by atoms with van der Waals surface area (Å²) in [6.45, 7) is 10.7. The molecule has 44 heavy (non-hydrogen) atoms. The number of hydrogen-bond donors (Lipinski definition) is 2. The van der Waals surface area contributed by atoms with Crippen molar-refractivity contribution in [3.63, 3.8) is 0 Å². The summed E-state index contributed by atoms with van der Waals surface area (Å²) in [4.78, 5) is 29.1. The number of rotatable bonds is 16. The lowest BCUT2D eigenvalue weighted by Crippen LogP contribution is -2.44. The number of anilines is 4. The molecule has 2 aliphatic rings. The van der Waals surface area contributed by atoms with Gasteiger partial charge < -0.3 is 48.8 Å². The maximum absolute atomic E-state index is 10.7. The Morgan fingerprint density at radius 1 is 0.568 bits per heavy atom. The van der Waals surface area contributed by atoms with Gasteiger partial charge in [-0.2, -0.15) is 9.97 Å². The molecule has 0 aliphatic carbocycles. The molecule has 2 aromatic rings. The van der Waals surface area contributed by atoms with E-state index in [1.165, 1.54) is 0 Å². The third kappa shape index (κ3) is 8.76. The van der Waals surface area contributed by atoms with Gasteiger partial charge in [0.2, 0.25) is 11.9 Å². The summed E-state index contributed by atoms with van der Waals surface area (Å²) in [7, 11) is 6.72. The number of fused-ring (bicyclic) bond motifs is 1. The Morgan fingerprint density at radius 3 is 1.14 bits per heavy atom. The van der Waals surface area contributed by atoms with Crippen molar-refractivity contribution in [1.82, 2.24) is 19.9 Å². The lowest BCUT2D eigenvalue weighted by Gasteiger charge is -2.38. The number of aliphatic hydroxyl groups is 2. The smallest absolute Gasteiger partial charge is 0.228 e. The van der Waals surface area contributed by atoms with Gasteiger partial charge in [0, 0.05) is 80.8 Å². The molecule has 4 rings (SSSR count). The van der Waals surface area contributed by atoms with Crippen LogP contribution in [0.25, 0.3) is 11.0 Å². The molecule has 2 fully saturated rings. The zero-order valence-corrected chi connectivity index (χ0v) is 27.4. The standard InChI is InChI=1S/C30H52N8O6/c1-29(39)7-11-35(12-8-29)25-23-24(32-27(33-25)37(15-19-41-3)16-20-42-4)26(36-13-9-30(2,40)10-14-36)34-28(31-23)38(17-21-43-5)18-22-44-6/h39-40H,7-22H2,1-6H3. The Morgan fingerprint density at radius 2 is 0.864 bits per heavy atom. The first-order valence-corrected chi connectivity index (χ1v) is 15.6. The van der Waals surface area contributed by atoms with Gasteiger partial charge in [-0.3, -0.25) is 0 Å². The van der Waals surface area contributed by atoms with Crippen LogP contribution in [0, 0.1) is 0 Å². The van der Waals surface area contributed by atoms with Crippen LogP contribution < -0.4 is 19.6 Å². The molecule has 0 radical (unpaired) electrons. The zero-order chi connectivity index (χ0) is 31.7. The van der Waals surface area contributed by atoms with Gasteiger partial charge in [0.05, 0.1) is 37.6 Å². The summed E-state index contributed by atoms with van der Waals surface area (Å²) >= 11 is 0. The summed E-state index contributed by atoms with van der Waals surface area (Å²) in [5.41, 5.74) is -0.131. The van der Waals surface area contributed by atoms with E-state index in [0.717, 1.165) is 0 Å². The first-order valence-electron chi connectivity index (χ1n) is 15.6. The highest BCUT2D eigenvalue weighted by Crippen LogP contribution is 2.36. The second-order valence-electron chi connectivity index (χ2n) is 12.3. The van der Waals surface area contributed by atoms with E-state index in [-0.39, 0.29) is 0 Å². The normalized spacial score (nSPS) is 18.2. The van der Waals surface area contributed by atoms with Gasteiger partial charge >= 0.3 is 0 Å². The maximum Gasteiger partial charge on any atom is 0.228 e. The number of aromatic nitrogens is 4. The lowest BCUT2D eigenvalue weighted by atomic mass is 9.93. The number of methoxy groups -OCH3 is 4. The second-order valence-corrected chi connectivity index (χ2v) is 12.3. The topological polar surface area (TPSA) is 142 Å². The van der Waals surface area contributed by atoms with Crippen molar-refractivity contribution >= 4 is 34.6 Å². The predicted octanol–water partition coefficient (Wildman–Crippen LogP) is 1.32. The molecule has 0 saturated carbocycles. The summed E-state index contributed by atoms with van der Waals surface area (Å²) in [6.07, 6.45) is 2.46. The molecule has 2 aromatic heterocycles. The number of hydrogen-bond acceptors (Lipinski definition) is 14. The molecular formula is C30H52N8O6. The molecule has 248 valence electrons. The van der Waals surface area contributed by atoms with Crippen molar-refractivity contribution in [3.05, 3.63) is 0 Å². The van der Waals surface area contributed by atoms with Crippen LogP contribution >= 0.6 is 0 Å². The van der Waals surface area contributed by atoms with E-state index in [0.29, 0.717) is 139 Å². The largest absolute Gasteiger partial charge is 0.390 e.